The molecule has 1 aliphatic rings. The predicted octanol–water partition coefficient (Wildman–Crippen LogP) is 4.11. The summed E-state index contributed by atoms with van der Waals surface area (Å²) < 4.78 is 5.45. The monoisotopic (exact) mass is 370 g/mol. The Morgan fingerprint density at radius 3 is 2.68 bits per heavy atom. The molecule has 4 aromatic rings. The highest BCUT2D eigenvalue weighted by atomic mass is 16.5. The number of amides is 1. The molecule has 5 rings (SSSR count). The topological polar surface area (TPSA) is 72.1 Å². The number of benzene rings is 2. The average Bonchev–Trinajstić information content (AvgIpc) is 3.35. The molecule has 0 saturated carbocycles. The largest absolute Gasteiger partial charge is 0.332 e. The van der Waals surface area contributed by atoms with E-state index < -0.39 is 0 Å². The fourth-order valence-electron chi connectivity index (χ4n) is 3.54. The highest BCUT2D eigenvalue weighted by Crippen LogP contribution is 2.31. The number of para-hydroxylation sites is 1. The third-order valence-corrected chi connectivity index (χ3v) is 5.10. The number of fused-ring (bicyclic) bond motifs is 1. The normalized spacial score (nSPS) is 16.8. The molecule has 1 atom stereocenters. The molecule has 2 aromatic heterocycles. The van der Waals surface area contributed by atoms with E-state index in [0.29, 0.717) is 30.4 Å². The van der Waals surface area contributed by atoms with E-state index in [4.69, 9.17) is 4.52 Å². The molecule has 0 bridgehead atoms. The fourth-order valence-corrected chi connectivity index (χ4v) is 3.54. The molecule has 1 amide bonds. The fraction of sp³-hybridized carbons (Fsp3) is 0.182. The maximum absolute atomic E-state index is 12.5. The van der Waals surface area contributed by atoms with Gasteiger partial charge in [-0.3, -0.25) is 4.79 Å². The summed E-state index contributed by atoms with van der Waals surface area (Å²) in [6.07, 6.45) is 0.373. The van der Waals surface area contributed by atoms with E-state index in [1.165, 1.54) is 0 Å². The molecule has 6 nitrogen and oxygen atoms in total. The molecule has 1 aliphatic heterocycles. The summed E-state index contributed by atoms with van der Waals surface area (Å²) >= 11 is 0. The summed E-state index contributed by atoms with van der Waals surface area (Å²) in [4.78, 5) is 23.4. The number of pyridine rings is 1. The Morgan fingerprint density at radius 2 is 1.82 bits per heavy atom. The molecule has 28 heavy (non-hydrogen) atoms. The molecule has 6 heteroatoms. The molecule has 1 fully saturated rings. The van der Waals surface area contributed by atoms with Gasteiger partial charge in [0.1, 0.15) is 5.69 Å². The minimum absolute atomic E-state index is 0.0732. The zero-order valence-corrected chi connectivity index (χ0v) is 15.4. The van der Waals surface area contributed by atoms with Crippen LogP contribution in [0.4, 0.5) is 5.69 Å². The Bertz CT molecular complexity index is 1170. The molecule has 0 N–H and O–H groups in total. The molecule has 0 unspecified atom stereocenters. The van der Waals surface area contributed by atoms with Gasteiger partial charge in [0.05, 0.1) is 5.52 Å². The van der Waals surface area contributed by atoms with E-state index in [-0.39, 0.29) is 11.8 Å². The number of hydrogen-bond donors (Lipinski definition) is 0. The van der Waals surface area contributed by atoms with Crippen LogP contribution in [0.3, 0.4) is 0 Å². The van der Waals surface area contributed by atoms with Gasteiger partial charge in [-0.05, 0) is 31.2 Å². The van der Waals surface area contributed by atoms with Crippen LogP contribution in [-0.4, -0.2) is 27.6 Å². The number of carbonyl (C=O) groups excluding carboxylic acids is 1. The lowest BCUT2D eigenvalue weighted by atomic mass is 10.1. The van der Waals surface area contributed by atoms with Crippen molar-refractivity contribution in [3.05, 3.63) is 72.1 Å². The van der Waals surface area contributed by atoms with Crippen molar-refractivity contribution in [1.29, 1.82) is 0 Å². The molecule has 0 radical (unpaired) electrons. The summed E-state index contributed by atoms with van der Waals surface area (Å²) in [7, 11) is 0. The Morgan fingerprint density at radius 1 is 1.00 bits per heavy atom. The zero-order valence-electron chi connectivity index (χ0n) is 15.4. The van der Waals surface area contributed by atoms with Gasteiger partial charge in [-0.25, -0.2) is 4.98 Å². The second kappa shape index (κ2) is 6.56. The van der Waals surface area contributed by atoms with Gasteiger partial charge >= 0.3 is 0 Å². The lowest BCUT2D eigenvalue weighted by molar-refractivity contribution is -0.117. The van der Waals surface area contributed by atoms with E-state index in [0.717, 1.165) is 22.2 Å². The summed E-state index contributed by atoms with van der Waals surface area (Å²) in [5, 5.41) is 5.18. The van der Waals surface area contributed by atoms with Crippen molar-refractivity contribution in [2.45, 2.75) is 19.3 Å². The number of rotatable bonds is 3. The second-order valence-electron chi connectivity index (χ2n) is 7.09. The molecular formula is C22H18N4O2. The van der Waals surface area contributed by atoms with E-state index in [9.17, 15) is 4.79 Å². The lowest BCUT2D eigenvalue weighted by Crippen LogP contribution is -2.24. The molecule has 1 saturated heterocycles. The second-order valence-corrected chi connectivity index (χ2v) is 7.09. The molecule has 3 heterocycles. The Kier molecular flexibility index (Phi) is 3.90. The van der Waals surface area contributed by atoms with Gasteiger partial charge in [-0.2, -0.15) is 4.98 Å². The zero-order chi connectivity index (χ0) is 19.1. The van der Waals surface area contributed by atoms with Gasteiger partial charge in [0.2, 0.25) is 5.91 Å². The summed E-state index contributed by atoms with van der Waals surface area (Å²) in [6.45, 7) is 2.58. The van der Waals surface area contributed by atoms with Crippen molar-refractivity contribution in [2.75, 3.05) is 11.4 Å². The number of nitrogens with zero attached hydrogens (tertiary/aromatic N) is 4. The van der Waals surface area contributed by atoms with E-state index in [1.807, 2.05) is 67.6 Å². The van der Waals surface area contributed by atoms with Gasteiger partial charge in [0.15, 0.2) is 5.82 Å². The van der Waals surface area contributed by atoms with Crippen LogP contribution in [0.2, 0.25) is 0 Å². The van der Waals surface area contributed by atoms with Crippen LogP contribution < -0.4 is 4.90 Å². The van der Waals surface area contributed by atoms with Gasteiger partial charge in [0.25, 0.3) is 5.89 Å². The van der Waals surface area contributed by atoms with E-state index in [2.05, 4.69) is 15.1 Å². The van der Waals surface area contributed by atoms with Crippen LogP contribution in [0.5, 0.6) is 0 Å². The quantitative estimate of drug-likeness (QED) is 0.543. The maximum atomic E-state index is 12.5. The first-order valence-electron chi connectivity index (χ1n) is 9.24. The predicted molar refractivity (Wildman–Crippen MR) is 106 cm³/mol. The lowest BCUT2D eigenvalue weighted by Gasteiger charge is -2.16. The van der Waals surface area contributed by atoms with Crippen molar-refractivity contribution < 1.29 is 9.32 Å². The minimum Gasteiger partial charge on any atom is -0.332 e. The van der Waals surface area contributed by atoms with Crippen LogP contribution in [-0.2, 0) is 4.79 Å². The Hall–Kier alpha value is -3.54. The first-order chi connectivity index (χ1) is 13.7. The van der Waals surface area contributed by atoms with Gasteiger partial charge in [0, 0.05) is 30.0 Å². The molecule has 0 spiro atoms. The van der Waals surface area contributed by atoms with Crippen LogP contribution in [0.15, 0.2) is 65.2 Å². The number of carbonyl (C=O) groups is 1. The van der Waals surface area contributed by atoms with Crippen LogP contribution >= 0.6 is 0 Å². The smallest absolute Gasteiger partial charge is 0.276 e. The minimum atomic E-state index is -0.0910. The number of hydrogen-bond acceptors (Lipinski definition) is 5. The van der Waals surface area contributed by atoms with E-state index in [1.54, 1.807) is 4.90 Å². The molecule has 138 valence electrons. The number of aryl methyl sites for hydroxylation is 1. The average molecular weight is 370 g/mol. The molecular weight excluding hydrogens is 352 g/mol. The van der Waals surface area contributed by atoms with Crippen LogP contribution in [0.25, 0.3) is 22.5 Å². The third kappa shape index (κ3) is 2.93. The SMILES string of the molecule is Cc1ccc(N2C[C@@H](c3noc(-c4ccc5ccccc5n4)n3)CC2=O)cc1. The first kappa shape index (κ1) is 16.6. The Labute approximate surface area is 161 Å². The van der Waals surface area contributed by atoms with E-state index >= 15 is 0 Å². The van der Waals surface area contributed by atoms with Crippen LogP contribution in [0.1, 0.15) is 23.7 Å². The van der Waals surface area contributed by atoms with Crippen molar-refractivity contribution >= 4 is 22.5 Å². The van der Waals surface area contributed by atoms with Gasteiger partial charge in [-0.1, -0.05) is 47.1 Å². The van der Waals surface area contributed by atoms with Gasteiger partial charge < -0.3 is 9.42 Å². The molecule has 2 aromatic carbocycles. The number of anilines is 1. The van der Waals surface area contributed by atoms with Crippen molar-refractivity contribution in [1.82, 2.24) is 15.1 Å². The Balaban J connectivity index is 1.40. The molecule has 0 aliphatic carbocycles. The first-order valence-corrected chi connectivity index (χ1v) is 9.24. The summed E-state index contributed by atoms with van der Waals surface area (Å²) in [6, 6.07) is 19.7. The van der Waals surface area contributed by atoms with Crippen LogP contribution in [0, 0.1) is 6.92 Å². The highest BCUT2D eigenvalue weighted by Gasteiger charge is 2.34. The summed E-state index contributed by atoms with van der Waals surface area (Å²) in [5.41, 5.74) is 3.58. The summed E-state index contributed by atoms with van der Waals surface area (Å²) in [5.74, 6) is 0.908. The van der Waals surface area contributed by atoms with Crippen molar-refractivity contribution in [3.8, 4) is 11.6 Å². The van der Waals surface area contributed by atoms with Gasteiger partial charge in [-0.15, -0.1) is 0 Å². The van der Waals surface area contributed by atoms with Crippen molar-refractivity contribution in [3.63, 3.8) is 0 Å². The highest BCUT2D eigenvalue weighted by molar-refractivity contribution is 5.96. The third-order valence-electron chi connectivity index (χ3n) is 5.10. The number of aromatic nitrogens is 3. The van der Waals surface area contributed by atoms with Crippen molar-refractivity contribution in [2.24, 2.45) is 0 Å². The standard InChI is InChI=1S/C22H18N4O2/c1-14-6-9-17(10-7-14)26-13-16(12-20(26)27)21-24-22(28-25-21)19-11-8-15-4-2-3-5-18(15)23-19/h2-11,16H,12-13H2,1H3/t16-/m0/s1. The maximum Gasteiger partial charge on any atom is 0.276 e.